The van der Waals surface area contributed by atoms with Gasteiger partial charge in [0.25, 0.3) is 0 Å². The van der Waals surface area contributed by atoms with Crippen molar-refractivity contribution in [2.45, 2.75) is 18.8 Å². The zero-order chi connectivity index (χ0) is 20.7. The normalized spacial score (nSPS) is 12.7. The van der Waals surface area contributed by atoms with Gasteiger partial charge in [-0.2, -0.15) is 26.3 Å². The van der Waals surface area contributed by atoms with Crippen LogP contribution in [0.25, 0.3) is 0 Å². The third kappa shape index (κ3) is 8.65. The molecule has 0 fully saturated rings. The van der Waals surface area contributed by atoms with Crippen LogP contribution < -0.4 is 10.6 Å². The molecule has 0 saturated carbocycles. The first-order chi connectivity index (χ1) is 12.4. The Hall–Kier alpha value is -2.46. The van der Waals surface area contributed by atoms with Gasteiger partial charge in [-0.05, 0) is 24.1 Å². The summed E-state index contributed by atoms with van der Waals surface area (Å²) in [5, 5.41) is 5.41. The summed E-state index contributed by atoms with van der Waals surface area (Å²) in [5.41, 5.74) is -0.0786. The number of amides is 1. The van der Waals surface area contributed by atoms with E-state index in [9.17, 15) is 31.1 Å². The quantitative estimate of drug-likeness (QED) is 0.440. The molecule has 2 N–H and O–H groups in total. The lowest BCUT2D eigenvalue weighted by atomic mass is 10.1. The van der Waals surface area contributed by atoms with E-state index in [0.717, 1.165) is 19.2 Å². The van der Waals surface area contributed by atoms with Gasteiger partial charge in [0.2, 0.25) is 5.91 Å². The summed E-state index contributed by atoms with van der Waals surface area (Å²) in [6.07, 6.45) is -8.48. The third-order valence-electron chi connectivity index (χ3n) is 3.46. The average molecular weight is 398 g/mol. The lowest BCUT2D eigenvalue weighted by Gasteiger charge is -2.20. The average Bonchev–Trinajstić information content (AvgIpc) is 2.55. The number of hydrogen-bond acceptors (Lipinski definition) is 2. The number of nitrogens with one attached hydrogen (secondary N) is 2. The molecule has 27 heavy (non-hydrogen) atoms. The molecule has 0 heterocycles. The Morgan fingerprint density at radius 1 is 1.07 bits per heavy atom. The zero-order valence-corrected chi connectivity index (χ0v) is 14.7. The second-order valence-corrected chi connectivity index (χ2v) is 5.66. The number of carbonyl (C=O) groups excluding carboxylic acids is 1. The van der Waals surface area contributed by atoms with Gasteiger partial charge in [0.05, 0.1) is 12.1 Å². The number of rotatable bonds is 6. The smallest absolute Gasteiger partial charge is 0.356 e. The molecule has 1 amide bonds. The largest absolute Gasteiger partial charge is 0.416 e. The van der Waals surface area contributed by atoms with Gasteiger partial charge < -0.3 is 15.5 Å². The lowest BCUT2D eigenvalue weighted by Crippen LogP contribution is -2.45. The number of hydrogen-bond donors (Lipinski definition) is 2. The number of aliphatic imine (C=N–C) groups is 1. The second kappa shape index (κ2) is 9.47. The van der Waals surface area contributed by atoms with Gasteiger partial charge in [-0.25, -0.2) is 0 Å². The Morgan fingerprint density at radius 2 is 1.67 bits per heavy atom. The first-order valence-corrected chi connectivity index (χ1v) is 7.84. The van der Waals surface area contributed by atoms with Gasteiger partial charge in [-0.1, -0.05) is 12.1 Å². The van der Waals surface area contributed by atoms with Crippen molar-refractivity contribution in [3.05, 3.63) is 35.4 Å². The predicted molar refractivity (Wildman–Crippen MR) is 88.2 cm³/mol. The van der Waals surface area contributed by atoms with Crippen LogP contribution >= 0.6 is 0 Å². The van der Waals surface area contributed by atoms with Gasteiger partial charge >= 0.3 is 12.4 Å². The van der Waals surface area contributed by atoms with E-state index in [1.165, 1.54) is 19.2 Å². The molecule has 0 radical (unpaired) electrons. The molecule has 0 aliphatic carbocycles. The fourth-order valence-corrected chi connectivity index (χ4v) is 2.06. The molecule has 152 valence electrons. The topological polar surface area (TPSA) is 56.7 Å². The van der Waals surface area contributed by atoms with Gasteiger partial charge in [-0.3, -0.25) is 9.79 Å². The van der Waals surface area contributed by atoms with Crippen LogP contribution in [-0.4, -0.2) is 56.7 Å². The minimum absolute atomic E-state index is 0.190. The van der Waals surface area contributed by atoms with Crippen molar-refractivity contribution in [1.29, 1.82) is 0 Å². The molecule has 0 aliphatic heterocycles. The molecule has 0 aliphatic rings. The number of carbonyl (C=O) groups is 1. The van der Waals surface area contributed by atoms with Gasteiger partial charge in [0.15, 0.2) is 5.96 Å². The first-order valence-electron chi connectivity index (χ1n) is 7.84. The highest BCUT2D eigenvalue weighted by Gasteiger charge is 2.31. The van der Waals surface area contributed by atoms with E-state index in [0.29, 0.717) is 23.4 Å². The van der Waals surface area contributed by atoms with Crippen LogP contribution in [0.15, 0.2) is 29.3 Å². The van der Waals surface area contributed by atoms with E-state index >= 15 is 0 Å². The molecule has 11 heteroatoms. The van der Waals surface area contributed by atoms with Crippen molar-refractivity contribution in [2.24, 2.45) is 4.99 Å². The fraction of sp³-hybridized carbons (Fsp3) is 0.500. The molecule has 0 unspecified atom stereocenters. The minimum Gasteiger partial charge on any atom is -0.356 e. The van der Waals surface area contributed by atoms with Crippen molar-refractivity contribution in [3.8, 4) is 0 Å². The molecule has 0 bridgehead atoms. The Kier molecular flexibility index (Phi) is 7.92. The van der Waals surface area contributed by atoms with Crippen molar-refractivity contribution >= 4 is 11.9 Å². The molecule has 0 atom stereocenters. The van der Waals surface area contributed by atoms with Crippen molar-refractivity contribution in [1.82, 2.24) is 15.5 Å². The summed E-state index contributed by atoms with van der Waals surface area (Å²) in [6, 6.07) is 4.68. The van der Waals surface area contributed by atoms with Crippen LogP contribution in [0.4, 0.5) is 26.3 Å². The minimum atomic E-state index is -4.48. The number of alkyl halides is 6. The first kappa shape index (κ1) is 22.6. The summed E-state index contributed by atoms with van der Waals surface area (Å²) >= 11 is 0. The number of likely N-dealkylation sites (N-methyl/N-ethyl adjacent to an activating group) is 1. The molecule has 1 rings (SSSR count). The number of guanidine groups is 1. The van der Waals surface area contributed by atoms with E-state index in [2.05, 4.69) is 15.6 Å². The van der Waals surface area contributed by atoms with Crippen LogP contribution in [-0.2, 0) is 17.4 Å². The summed E-state index contributed by atoms with van der Waals surface area (Å²) in [7, 11) is 2.45. The molecule has 0 saturated heterocycles. The lowest BCUT2D eigenvalue weighted by molar-refractivity contribution is -0.157. The van der Waals surface area contributed by atoms with E-state index in [4.69, 9.17) is 0 Å². The number of benzene rings is 1. The number of halogens is 6. The molecular formula is C16H20F6N4O. The van der Waals surface area contributed by atoms with Gasteiger partial charge in [-0.15, -0.1) is 0 Å². The second-order valence-electron chi connectivity index (χ2n) is 5.66. The zero-order valence-electron chi connectivity index (χ0n) is 14.7. The van der Waals surface area contributed by atoms with Crippen LogP contribution in [0.1, 0.15) is 11.1 Å². The van der Waals surface area contributed by atoms with E-state index in [1.807, 2.05) is 0 Å². The maximum Gasteiger partial charge on any atom is 0.416 e. The maximum atomic E-state index is 12.5. The van der Waals surface area contributed by atoms with Crippen molar-refractivity contribution < 1.29 is 31.1 Å². The van der Waals surface area contributed by atoms with E-state index in [-0.39, 0.29) is 12.5 Å². The third-order valence-corrected chi connectivity index (χ3v) is 3.46. The molecular weight excluding hydrogens is 378 g/mol. The summed E-state index contributed by atoms with van der Waals surface area (Å²) in [6.45, 7) is -1.43. The highest BCUT2D eigenvalue weighted by molar-refractivity contribution is 5.86. The van der Waals surface area contributed by atoms with Crippen LogP contribution in [0.3, 0.4) is 0 Å². The maximum absolute atomic E-state index is 12.5. The Morgan fingerprint density at radius 3 is 2.15 bits per heavy atom. The molecule has 1 aromatic carbocycles. The Balaban J connectivity index is 2.41. The van der Waals surface area contributed by atoms with E-state index < -0.39 is 30.4 Å². The van der Waals surface area contributed by atoms with Gasteiger partial charge in [0.1, 0.15) is 6.54 Å². The highest BCUT2D eigenvalue weighted by Crippen LogP contribution is 2.29. The molecule has 1 aromatic rings. The SMILES string of the molecule is CN=C(NCCc1ccc(C(F)(F)F)cc1)NCC(=O)N(C)CC(F)(F)F. The van der Waals surface area contributed by atoms with Crippen molar-refractivity contribution in [2.75, 3.05) is 33.7 Å². The van der Waals surface area contributed by atoms with Crippen LogP contribution in [0.2, 0.25) is 0 Å². The molecule has 0 aromatic heterocycles. The predicted octanol–water partition coefficient (Wildman–Crippen LogP) is 2.43. The summed E-state index contributed by atoms with van der Waals surface area (Å²) in [5.74, 6) is -0.575. The molecule has 5 nitrogen and oxygen atoms in total. The van der Waals surface area contributed by atoms with Gasteiger partial charge in [0, 0.05) is 20.6 Å². The summed E-state index contributed by atoms with van der Waals surface area (Å²) in [4.78, 5) is 16.0. The van der Waals surface area contributed by atoms with Crippen LogP contribution in [0, 0.1) is 0 Å². The monoisotopic (exact) mass is 398 g/mol. The highest BCUT2D eigenvalue weighted by atomic mass is 19.4. The Bertz CT molecular complexity index is 640. The standard InChI is InChI=1S/C16H20F6N4O/c1-23-14(25-9-13(27)26(2)10-15(17,18)19)24-8-7-11-3-5-12(6-4-11)16(20,21)22/h3-6H,7-10H2,1-2H3,(H2,23,24,25). The number of nitrogens with zero attached hydrogens (tertiary/aromatic N) is 2. The van der Waals surface area contributed by atoms with E-state index in [1.54, 1.807) is 0 Å². The Labute approximate surface area is 152 Å². The van der Waals surface area contributed by atoms with Crippen molar-refractivity contribution in [3.63, 3.8) is 0 Å². The molecule has 0 spiro atoms. The fourth-order valence-electron chi connectivity index (χ4n) is 2.06. The summed E-state index contributed by atoms with van der Waals surface area (Å²) < 4.78 is 74.2. The van der Waals surface area contributed by atoms with Crippen LogP contribution in [0.5, 0.6) is 0 Å².